The average molecular weight is 277 g/mol. The summed E-state index contributed by atoms with van der Waals surface area (Å²) >= 11 is 0. The summed E-state index contributed by atoms with van der Waals surface area (Å²) in [6, 6.07) is 1.45. The molecule has 0 radical (unpaired) electrons. The largest absolute Gasteiger partial charge is 0.377 e. The highest BCUT2D eigenvalue weighted by Crippen LogP contribution is 2.14. The molecule has 0 saturated carbocycles. The first-order valence-electron chi connectivity index (χ1n) is 5.41. The minimum atomic E-state index is -2.71. The van der Waals surface area contributed by atoms with Crippen molar-refractivity contribution in [2.75, 3.05) is 5.32 Å². The summed E-state index contributed by atoms with van der Waals surface area (Å²) in [6.07, 6.45) is 1.51. The predicted octanol–water partition coefficient (Wildman–Crippen LogP) is 2.35. The number of nitrogens with zero attached hydrogens (tertiary/aromatic N) is 4. The fraction of sp³-hybridized carbons (Fsp3) is 0.400. The highest BCUT2D eigenvalue weighted by Gasteiger charge is 2.11. The highest BCUT2D eigenvalue weighted by atomic mass is 19.3. The van der Waals surface area contributed by atoms with E-state index in [-0.39, 0.29) is 12.2 Å². The van der Waals surface area contributed by atoms with E-state index in [1.165, 1.54) is 24.7 Å². The molecule has 1 N–H and O–H groups in total. The lowest BCUT2D eigenvalue weighted by molar-refractivity contribution is 0.0537. The van der Waals surface area contributed by atoms with Gasteiger partial charge in [0.2, 0.25) is 0 Å². The Balaban J connectivity index is 1.95. The fourth-order valence-electron chi connectivity index (χ4n) is 1.55. The van der Waals surface area contributed by atoms with Crippen molar-refractivity contribution in [1.29, 1.82) is 0 Å². The Bertz CT molecular complexity index is 521. The van der Waals surface area contributed by atoms with E-state index in [0.29, 0.717) is 10.4 Å². The third kappa shape index (κ3) is 3.46. The molecule has 0 spiro atoms. The second-order valence-corrected chi connectivity index (χ2v) is 3.74. The van der Waals surface area contributed by atoms with Crippen LogP contribution in [0.5, 0.6) is 0 Å². The molecule has 0 atom stereocenters. The standard InChI is InChI=1S/C10H11F4N5/c11-9(12)6-18-5-7(3-17-18)15-4-8-1-2-16-19(8)10(13)14/h1-3,5,9-10,15H,4,6H2. The Morgan fingerprint density at radius 3 is 2.68 bits per heavy atom. The molecule has 0 aliphatic heterocycles. The van der Waals surface area contributed by atoms with E-state index in [0.717, 1.165) is 4.68 Å². The second kappa shape index (κ2) is 5.72. The van der Waals surface area contributed by atoms with Crippen LogP contribution in [0.1, 0.15) is 12.2 Å². The van der Waals surface area contributed by atoms with Crippen LogP contribution in [-0.2, 0) is 13.1 Å². The zero-order valence-electron chi connectivity index (χ0n) is 9.68. The summed E-state index contributed by atoms with van der Waals surface area (Å²) < 4.78 is 50.9. The molecule has 104 valence electrons. The molecule has 2 aromatic heterocycles. The summed E-state index contributed by atoms with van der Waals surface area (Å²) in [5.41, 5.74) is 0.763. The number of nitrogens with one attached hydrogen (secondary N) is 1. The molecule has 0 amide bonds. The van der Waals surface area contributed by atoms with Crippen LogP contribution in [0.4, 0.5) is 23.2 Å². The lowest BCUT2D eigenvalue weighted by Gasteiger charge is -2.06. The van der Waals surface area contributed by atoms with Crippen LogP contribution in [0, 0.1) is 0 Å². The van der Waals surface area contributed by atoms with Gasteiger partial charge in [-0.3, -0.25) is 4.68 Å². The van der Waals surface area contributed by atoms with Crippen molar-refractivity contribution in [3.05, 3.63) is 30.4 Å². The normalized spacial score (nSPS) is 11.5. The number of alkyl halides is 4. The Hall–Kier alpha value is -2.06. The molecule has 19 heavy (non-hydrogen) atoms. The first-order chi connectivity index (χ1) is 9.06. The van der Waals surface area contributed by atoms with Gasteiger partial charge in [-0.05, 0) is 6.07 Å². The number of hydrogen-bond acceptors (Lipinski definition) is 3. The number of anilines is 1. The van der Waals surface area contributed by atoms with E-state index in [9.17, 15) is 17.6 Å². The Labute approximate surface area is 105 Å². The van der Waals surface area contributed by atoms with Gasteiger partial charge in [0, 0.05) is 12.4 Å². The topological polar surface area (TPSA) is 47.7 Å². The maximum absolute atomic E-state index is 12.5. The van der Waals surface area contributed by atoms with Gasteiger partial charge in [0.15, 0.2) is 0 Å². The molecule has 5 nitrogen and oxygen atoms in total. The molecule has 2 heterocycles. The van der Waals surface area contributed by atoms with Crippen molar-refractivity contribution in [2.24, 2.45) is 0 Å². The number of rotatable bonds is 6. The summed E-state index contributed by atoms with van der Waals surface area (Å²) in [6.45, 7) is -3.12. The minimum Gasteiger partial charge on any atom is -0.377 e. The van der Waals surface area contributed by atoms with Crippen LogP contribution in [0.3, 0.4) is 0 Å². The van der Waals surface area contributed by atoms with E-state index in [4.69, 9.17) is 0 Å². The van der Waals surface area contributed by atoms with E-state index < -0.39 is 19.5 Å². The van der Waals surface area contributed by atoms with Crippen LogP contribution in [0.25, 0.3) is 0 Å². The van der Waals surface area contributed by atoms with Crippen molar-refractivity contribution in [3.8, 4) is 0 Å². The Morgan fingerprint density at radius 1 is 1.21 bits per heavy atom. The van der Waals surface area contributed by atoms with Crippen LogP contribution < -0.4 is 5.32 Å². The van der Waals surface area contributed by atoms with Crippen LogP contribution in [-0.4, -0.2) is 26.0 Å². The SMILES string of the molecule is FC(F)Cn1cc(NCc2ccnn2C(F)F)cn1. The maximum atomic E-state index is 12.5. The zero-order chi connectivity index (χ0) is 13.8. The molecule has 0 fully saturated rings. The van der Waals surface area contributed by atoms with Gasteiger partial charge >= 0.3 is 6.55 Å². The van der Waals surface area contributed by atoms with E-state index in [1.54, 1.807) is 0 Å². The van der Waals surface area contributed by atoms with E-state index in [1.807, 2.05) is 0 Å². The minimum absolute atomic E-state index is 0.102. The molecular formula is C10H11F4N5. The monoisotopic (exact) mass is 277 g/mol. The molecule has 2 aromatic rings. The predicted molar refractivity (Wildman–Crippen MR) is 59.0 cm³/mol. The van der Waals surface area contributed by atoms with Gasteiger partial charge in [0.1, 0.15) is 6.54 Å². The van der Waals surface area contributed by atoms with Crippen molar-refractivity contribution >= 4 is 5.69 Å². The van der Waals surface area contributed by atoms with Gasteiger partial charge in [-0.1, -0.05) is 0 Å². The lowest BCUT2D eigenvalue weighted by atomic mass is 10.4. The fourth-order valence-corrected chi connectivity index (χ4v) is 1.55. The molecule has 0 saturated heterocycles. The molecule has 9 heteroatoms. The summed E-state index contributed by atoms with van der Waals surface area (Å²) in [7, 11) is 0. The van der Waals surface area contributed by atoms with Crippen LogP contribution in [0.2, 0.25) is 0 Å². The van der Waals surface area contributed by atoms with E-state index >= 15 is 0 Å². The first-order valence-corrected chi connectivity index (χ1v) is 5.41. The smallest absolute Gasteiger partial charge is 0.333 e. The number of halogens is 4. The van der Waals surface area contributed by atoms with E-state index in [2.05, 4.69) is 15.5 Å². The van der Waals surface area contributed by atoms with Crippen molar-refractivity contribution in [1.82, 2.24) is 19.6 Å². The molecular weight excluding hydrogens is 266 g/mol. The van der Waals surface area contributed by atoms with Gasteiger partial charge in [0.05, 0.1) is 24.1 Å². The molecule has 0 bridgehead atoms. The molecule has 2 rings (SSSR count). The average Bonchev–Trinajstić information content (AvgIpc) is 2.93. The number of aromatic nitrogens is 4. The third-order valence-corrected chi connectivity index (χ3v) is 2.37. The molecule has 0 aliphatic rings. The first kappa shape index (κ1) is 13.4. The lowest BCUT2D eigenvalue weighted by Crippen LogP contribution is -2.09. The third-order valence-electron chi connectivity index (χ3n) is 2.37. The molecule has 0 unspecified atom stereocenters. The van der Waals surface area contributed by atoms with Crippen molar-refractivity contribution in [2.45, 2.75) is 26.1 Å². The second-order valence-electron chi connectivity index (χ2n) is 3.74. The maximum Gasteiger partial charge on any atom is 0.333 e. The Kier molecular flexibility index (Phi) is 4.03. The molecule has 0 aromatic carbocycles. The van der Waals surface area contributed by atoms with Crippen LogP contribution >= 0.6 is 0 Å². The van der Waals surface area contributed by atoms with Gasteiger partial charge < -0.3 is 5.32 Å². The molecule has 0 aliphatic carbocycles. The van der Waals surface area contributed by atoms with Crippen molar-refractivity contribution in [3.63, 3.8) is 0 Å². The quantitative estimate of drug-likeness (QED) is 0.824. The Morgan fingerprint density at radius 2 is 2.00 bits per heavy atom. The number of hydrogen-bond donors (Lipinski definition) is 1. The highest BCUT2D eigenvalue weighted by molar-refractivity contribution is 5.38. The van der Waals surface area contributed by atoms with Gasteiger partial charge in [0.25, 0.3) is 6.43 Å². The zero-order valence-corrected chi connectivity index (χ0v) is 9.68. The van der Waals surface area contributed by atoms with Gasteiger partial charge in [-0.25, -0.2) is 13.5 Å². The van der Waals surface area contributed by atoms with Crippen LogP contribution in [0.15, 0.2) is 24.7 Å². The van der Waals surface area contributed by atoms with Crippen molar-refractivity contribution < 1.29 is 17.6 Å². The summed E-state index contributed by atoms with van der Waals surface area (Å²) in [5.74, 6) is 0. The summed E-state index contributed by atoms with van der Waals surface area (Å²) in [4.78, 5) is 0. The summed E-state index contributed by atoms with van der Waals surface area (Å²) in [5, 5.41) is 10.0. The van der Waals surface area contributed by atoms with Gasteiger partial charge in [-0.15, -0.1) is 0 Å². The van der Waals surface area contributed by atoms with Gasteiger partial charge in [-0.2, -0.15) is 19.0 Å².